The summed E-state index contributed by atoms with van der Waals surface area (Å²) in [7, 11) is -3.42. The Kier molecular flexibility index (Phi) is 6.20. The van der Waals surface area contributed by atoms with E-state index in [1.807, 2.05) is 30.3 Å². The summed E-state index contributed by atoms with van der Waals surface area (Å²) in [6.07, 6.45) is 1.26. The molecule has 8 heteroatoms. The van der Waals surface area contributed by atoms with Gasteiger partial charge >= 0.3 is 0 Å². The summed E-state index contributed by atoms with van der Waals surface area (Å²) >= 11 is 0. The number of rotatable bonds is 7. The summed E-state index contributed by atoms with van der Waals surface area (Å²) in [4.78, 5) is 26.7. The molecule has 2 aromatic carbocycles. The number of carbonyl (C=O) groups excluding carboxylic acids is 2. The van der Waals surface area contributed by atoms with Crippen molar-refractivity contribution in [2.45, 2.75) is 18.6 Å². The summed E-state index contributed by atoms with van der Waals surface area (Å²) < 4.78 is 32.8. The molecule has 0 saturated carbocycles. The van der Waals surface area contributed by atoms with Gasteiger partial charge in [-0.3, -0.25) is 9.59 Å². The Morgan fingerprint density at radius 2 is 1.68 bits per heavy atom. The minimum atomic E-state index is -3.42. The number of amides is 1. The lowest BCUT2D eigenvalue weighted by Crippen LogP contribution is -2.44. The molecular weight excluding hydrogens is 416 g/mol. The first-order valence-electron chi connectivity index (χ1n) is 10.2. The van der Waals surface area contributed by atoms with Crippen molar-refractivity contribution < 1.29 is 22.4 Å². The van der Waals surface area contributed by atoms with E-state index in [1.54, 1.807) is 30.3 Å². The molecule has 1 saturated heterocycles. The molecule has 0 bridgehead atoms. The van der Waals surface area contributed by atoms with Gasteiger partial charge in [0, 0.05) is 25.0 Å². The average molecular weight is 441 g/mol. The molecule has 31 heavy (non-hydrogen) atoms. The summed E-state index contributed by atoms with van der Waals surface area (Å²) in [6, 6.07) is 17.8. The molecule has 4 rings (SSSR count). The van der Waals surface area contributed by atoms with E-state index < -0.39 is 21.7 Å². The first-order chi connectivity index (χ1) is 14.9. The number of Topliss-reactive ketones (excluding diaryl/α,β-unsaturated/α-hetero) is 1. The van der Waals surface area contributed by atoms with Crippen LogP contribution in [0.3, 0.4) is 0 Å². The summed E-state index contributed by atoms with van der Waals surface area (Å²) in [5.41, 5.74) is 1.31. The predicted octanol–water partition coefficient (Wildman–Crippen LogP) is 2.97. The molecule has 0 radical (unpaired) electrons. The highest BCUT2D eigenvalue weighted by atomic mass is 32.2. The largest absolute Gasteiger partial charge is 0.452 e. The van der Waals surface area contributed by atoms with Crippen LogP contribution in [0.25, 0.3) is 11.0 Å². The van der Waals surface area contributed by atoms with E-state index in [-0.39, 0.29) is 17.4 Å². The third-order valence-electron chi connectivity index (χ3n) is 5.54. The van der Waals surface area contributed by atoms with Crippen LogP contribution in [0, 0.1) is 5.92 Å². The van der Waals surface area contributed by atoms with Crippen LogP contribution in [-0.2, 0) is 20.6 Å². The van der Waals surface area contributed by atoms with Gasteiger partial charge in [-0.2, -0.15) is 0 Å². The highest BCUT2D eigenvalue weighted by Gasteiger charge is 2.30. The monoisotopic (exact) mass is 440 g/mol. The molecule has 1 N–H and O–H groups in total. The zero-order valence-corrected chi connectivity index (χ0v) is 17.8. The number of sulfonamides is 1. The van der Waals surface area contributed by atoms with Gasteiger partial charge in [-0.25, -0.2) is 13.1 Å². The third kappa shape index (κ3) is 5.21. The number of furan rings is 1. The third-order valence-corrected chi connectivity index (χ3v) is 6.86. The number of nitrogens with one attached hydrogen (secondary N) is 1. The molecule has 2 heterocycles. The van der Waals surface area contributed by atoms with Gasteiger partial charge in [-0.15, -0.1) is 0 Å². The number of fused-ring (bicyclic) bond motifs is 1. The van der Waals surface area contributed by atoms with E-state index in [0.29, 0.717) is 38.1 Å². The molecule has 1 aromatic heterocycles. The fourth-order valence-electron chi connectivity index (χ4n) is 3.77. The van der Waals surface area contributed by atoms with Crippen LogP contribution in [0.1, 0.15) is 29.0 Å². The molecule has 1 fully saturated rings. The maximum Gasteiger partial charge on any atom is 0.298 e. The van der Waals surface area contributed by atoms with Crippen LogP contribution in [0.2, 0.25) is 0 Å². The Balaban J connectivity index is 1.28. The molecular formula is C23H24N2O5S. The smallest absolute Gasteiger partial charge is 0.298 e. The molecule has 3 aromatic rings. The molecule has 0 unspecified atom stereocenters. The van der Waals surface area contributed by atoms with Crippen molar-refractivity contribution in [2.24, 2.45) is 5.92 Å². The van der Waals surface area contributed by atoms with Crippen molar-refractivity contribution in [3.63, 3.8) is 0 Å². The van der Waals surface area contributed by atoms with Gasteiger partial charge in [0.15, 0.2) is 5.76 Å². The molecule has 0 aliphatic carbocycles. The van der Waals surface area contributed by atoms with E-state index in [4.69, 9.17) is 4.42 Å². The number of piperidine rings is 1. The van der Waals surface area contributed by atoms with Gasteiger partial charge < -0.3 is 9.32 Å². The zero-order chi connectivity index (χ0) is 21.8. The van der Waals surface area contributed by atoms with Crippen LogP contribution in [-0.4, -0.2) is 44.6 Å². The lowest BCUT2D eigenvalue weighted by atomic mass is 9.97. The molecule has 162 valence electrons. The first kappa shape index (κ1) is 21.3. The predicted molar refractivity (Wildman–Crippen MR) is 117 cm³/mol. The molecule has 0 spiro atoms. The van der Waals surface area contributed by atoms with E-state index in [0.717, 1.165) is 10.9 Å². The zero-order valence-electron chi connectivity index (χ0n) is 17.0. The number of hydrogen-bond donors (Lipinski definition) is 1. The van der Waals surface area contributed by atoms with Crippen molar-refractivity contribution in [2.75, 3.05) is 19.6 Å². The quantitative estimate of drug-likeness (QED) is 0.450. The van der Waals surface area contributed by atoms with Gasteiger partial charge in [0.1, 0.15) is 5.58 Å². The second-order valence-corrected chi connectivity index (χ2v) is 9.61. The molecule has 0 atom stereocenters. The number of carbonyl (C=O) groups is 2. The van der Waals surface area contributed by atoms with Gasteiger partial charge in [0.25, 0.3) is 11.7 Å². The highest BCUT2D eigenvalue weighted by molar-refractivity contribution is 7.88. The second kappa shape index (κ2) is 9.03. The molecule has 1 aliphatic rings. The Labute approximate surface area is 181 Å². The maximum atomic E-state index is 12.6. The summed E-state index contributed by atoms with van der Waals surface area (Å²) in [5, 5.41) is 0.778. The molecule has 1 amide bonds. The van der Waals surface area contributed by atoms with E-state index in [1.165, 1.54) is 4.90 Å². The Hall–Kier alpha value is -2.97. The van der Waals surface area contributed by atoms with Crippen molar-refractivity contribution in [3.05, 3.63) is 72.0 Å². The number of nitrogens with zero attached hydrogens (tertiary/aromatic N) is 1. The standard InChI is InChI=1S/C23H24N2O5S/c26-22(21-14-19-8-4-5-9-20(19)30-21)23(27)25-12-10-17(11-13-25)15-24-31(28,29)16-18-6-2-1-3-7-18/h1-9,14,17,24H,10-13,15-16H2. The van der Waals surface area contributed by atoms with Crippen LogP contribution in [0.4, 0.5) is 0 Å². The van der Waals surface area contributed by atoms with Crippen LogP contribution >= 0.6 is 0 Å². The second-order valence-electron chi connectivity index (χ2n) is 7.81. The highest BCUT2D eigenvalue weighted by Crippen LogP contribution is 2.22. The average Bonchev–Trinajstić information content (AvgIpc) is 3.22. The topological polar surface area (TPSA) is 96.7 Å². The number of hydrogen-bond acceptors (Lipinski definition) is 5. The van der Waals surface area contributed by atoms with E-state index in [9.17, 15) is 18.0 Å². The number of benzene rings is 2. The lowest BCUT2D eigenvalue weighted by molar-refractivity contribution is -0.127. The van der Waals surface area contributed by atoms with Crippen molar-refractivity contribution in [3.8, 4) is 0 Å². The minimum Gasteiger partial charge on any atom is -0.452 e. The Bertz CT molecular complexity index is 1150. The van der Waals surface area contributed by atoms with Gasteiger partial charge in [-0.05, 0) is 36.5 Å². The SMILES string of the molecule is O=C(C(=O)N1CCC(CNS(=O)(=O)Cc2ccccc2)CC1)c1cc2ccccc2o1. The first-order valence-corrected chi connectivity index (χ1v) is 11.9. The van der Waals surface area contributed by atoms with Crippen molar-refractivity contribution in [1.82, 2.24) is 9.62 Å². The maximum absolute atomic E-state index is 12.6. The number of ketones is 1. The van der Waals surface area contributed by atoms with E-state index in [2.05, 4.69) is 4.72 Å². The van der Waals surface area contributed by atoms with Crippen LogP contribution in [0.5, 0.6) is 0 Å². The Morgan fingerprint density at radius 3 is 2.39 bits per heavy atom. The van der Waals surface area contributed by atoms with Crippen LogP contribution < -0.4 is 4.72 Å². The molecule has 7 nitrogen and oxygen atoms in total. The summed E-state index contributed by atoms with van der Waals surface area (Å²) in [6.45, 7) is 1.15. The number of likely N-dealkylation sites (tertiary alicyclic amines) is 1. The molecule has 1 aliphatic heterocycles. The van der Waals surface area contributed by atoms with E-state index >= 15 is 0 Å². The summed E-state index contributed by atoms with van der Waals surface area (Å²) in [5.74, 6) is -1.13. The van der Waals surface area contributed by atoms with Crippen molar-refractivity contribution >= 4 is 32.7 Å². The lowest BCUT2D eigenvalue weighted by Gasteiger charge is -2.31. The normalized spacial score (nSPS) is 15.3. The minimum absolute atomic E-state index is 0.0435. The fraction of sp³-hybridized carbons (Fsp3) is 0.304. The van der Waals surface area contributed by atoms with Crippen molar-refractivity contribution in [1.29, 1.82) is 0 Å². The van der Waals surface area contributed by atoms with Gasteiger partial charge in [0.2, 0.25) is 10.0 Å². The Morgan fingerprint density at radius 1 is 1.00 bits per heavy atom. The van der Waals surface area contributed by atoms with Gasteiger partial charge in [0.05, 0.1) is 5.75 Å². The van der Waals surface area contributed by atoms with Gasteiger partial charge in [-0.1, -0.05) is 48.5 Å². The fourth-order valence-corrected chi connectivity index (χ4v) is 5.00. The van der Waals surface area contributed by atoms with Crippen LogP contribution in [0.15, 0.2) is 65.1 Å². The number of para-hydroxylation sites is 1.